The monoisotopic (exact) mass is 260 g/mol. The van der Waals surface area contributed by atoms with Crippen LogP contribution in [0.5, 0.6) is 0 Å². The number of nitrogens with one attached hydrogen (secondary N) is 1. The number of H-pyrrole nitrogens is 1. The Morgan fingerprint density at radius 1 is 1.47 bits per heavy atom. The highest BCUT2D eigenvalue weighted by molar-refractivity contribution is 5.88. The number of nitrogens with zero attached hydrogens (tertiary/aromatic N) is 3. The molecule has 6 nitrogen and oxygen atoms in total. The van der Waals surface area contributed by atoms with Gasteiger partial charge in [-0.2, -0.15) is 5.10 Å². The molecule has 6 heteroatoms. The number of allylic oxidation sites excluding steroid dienone is 3. The van der Waals surface area contributed by atoms with Gasteiger partial charge in [0.25, 0.3) is 0 Å². The van der Waals surface area contributed by atoms with Crippen LogP contribution in [0.3, 0.4) is 0 Å². The summed E-state index contributed by atoms with van der Waals surface area (Å²) in [4.78, 5) is 19.1. The number of fused-ring (bicyclic) bond motifs is 1. The zero-order valence-corrected chi connectivity index (χ0v) is 11.2. The van der Waals surface area contributed by atoms with Crippen LogP contribution in [0.2, 0.25) is 0 Å². The van der Waals surface area contributed by atoms with Gasteiger partial charge < -0.3 is 4.74 Å². The maximum absolute atomic E-state index is 11.1. The number of aryl methyl sites for hydroxylation is 1. The van der Waals surface area contributed by atoms with Gasteiger partial charge in [-0.05, 0) is 13.8 Å². The average Bonchev–Trinajstić information content (AvgIpc) is 2.88. The Balaban J connectivity index is 0.000000312. The Kier molecular flexibility index (Phi) is 5.40. The molecule has 0 radical (unpaired) electrons. The first-order valence-corrected chi connectivity index (χ1v) is 5.63. The van der Waals surface area contributed by atoms with E-state index in [4.69, 9.17) is 0 Å². The summed E-state index contributed by atoms with van der Waals surface area (Å²) in [5, 5.41) is 7.28. The van der Waals surface area contributed by atoms with E-state index in [2.05, 4.69) is 31.5 Å². The normalized spacial score (nSPS) is 10.1. The Morgan fingerprint density at radius 3 is 2.74 bits per heavy atom. The third-order valence-corrected chi connectivity index (χ3v) is 2.20. The minimum Gasteiger partial charge on any atom is -0.463 e. The standard InChI is InChI=1S/C8H8N4O2.C5H8/c1-4-5-3-9-12-6(5)11-7(10-4)8(13)14-2;1-3-5-4-2/h3H,1-2H3,(H,9,10,11,12);3-5H,1H2,2H3/b;5-4-. The quantitative estimate of drug-likeness (QED) is 0.661. The number of aromatic amines is 1. The molecular weight excluding hydrogens is 244 g/mol. The van der Waals surface area contributed by atoms with E-state index in [0.29, 0.717) is 11.3 Å². The maximum Gasteiger partial charge on any atom is 0.376 e. The summed E-state index contributed by atoms with van der Waals surface area (Å²) in [5.41, 5.74) is 1.24. The molecule has 2 heterocycles. The van der Waals surface area contributed by atoms with Crippen molar-refractivity contribution in [3.8, 4) is 0 Å². The second kappa shape index (κ2) is 7.05. The van der Waals surface area contributed by atoms with E-state index in [-0.39, 0.29) is 5.82 Å². The van der Waals surface area contributed by atoms with Crippen molar-refractivity contribution < 1.29 is 9.53 Å². The van der Waals surface area contributed by atoms with Crippen molar-refractivity contribution >= 4 is 17.0 Å². The van der Waals surface area contributed by atoms with Crippen LogP contribution in [0.1, 0.15) is 23.2 Å². The lowest BCUT2D eigenvalue weighted by Gasteiger charge is -1.99. The van der Waals surface area contributed by atoms with Gasteiger partial charge >= 0.3 is 5.97 Å². The lowest BCUT2D eigenvalue weighted by molar-refractivity contribution is 0.0587. The second-order valence-corrected chi connectivity index (χ2v) is 3.52. The van der Waals surface area contributed by atoms with E-state index in [1.807, 2.05) is 19.1 Å². The topological polar surface area (TPSA) is 80.8 Å². The van der Waals surface area contributed by atoms with Crippen molar-refractivity contribution in [1.82, 2.24) is 20.2 Å². The SMILES string of the molecule is C=C/C=C\C.COC(=O)c1nc(C)c2cn[nH]c2n1. The minimum absolute atomic E-state index is 0.0433. The molecule has 0 unspecified atom stereocenters. The largest absolute Gasteiger partial charge is 0.463 e. The first kappa shape index (κ1) is 14.6. The minimum atomic E-state index is -0.551. The smallest absolute Gasteiger partial charge is 0.376 e. The first-order valence-electron chi connectivity index (χ1n) is 5.63. The molecule has 0 aliphatic heterocycles. The number of carbonyl (C=O) groups excluding carboxylic acids is 1. The zero-order valence-electron chi connectivity index (χ0n) is 11.2. The fraction of sp³-hybridized carbons (Fsp3) is 0.231. The van der Waals surface area contributed by atoms with Gasteiger partial charge in [0.1, 0.15) is 0 Å². The van der Waals surface area contributed by atoms with E-state index in [9.17, 15) is 4.79 Å². The highest BCUT2D eigenvalue weighted by Gasteiger charge is 2.12. The molecule has 0 aliphatic carbocycles. The third-order valence-electron chi connectivity index (χ3n) is 2.20. The van der Waals surface area contributed by atoms with Crippen LogP contribution in [0.25, 0.3) is 11.0 Å². The van der Waals surface area contributed by atoms with Gasteiger partial charge in [-0.15, -0.1) is 0 Å². The van der Waals surface area contributed by atoms with Gasteiger partial charge in [0.15, 0.2) is 5.65 Å². The van der Waals surface area contributed by atoms with E-state index in [0.717, 1.165) is 5.39 Å². The summed E-state index contributed by atoms with van der Waals surface area (Å²) in [7, 11) is 1.29. The van der Waals surface area contributed by atoms with Gasteiger partial charge in [-0.25, -0.2) is 14.8 Å². The van der Waals surface area contributed by atoms with Crippen LogP contribution in [0.15, 0.2) is 31.0 Å². The van der Waals surface area contributed by atoms with Crippen LogP contribution in [-0.2, 0) is 4.74 Å². The number of esters is 1. The lowest BCUT2D eigenvalue weighted by atomic mass is 10.3. The van der Waals surface area contributed by atoms with Crippen LogP contribution >= 0.6 is 0 Å². The molecule has 100 valence electrons. The van der Waals surface area contributed by atoms with Crippen LogP contribution in [-0.4, -0.2) is 33.2 Å². The van der Waals surface area contributed by atoms with Crippen molar-refractivity contribution in [3.05, 3.63) is 42.5 Å². The molecule has 0 amide bonds. The summed E-state index contributed by atoms with van der Waals surface area (Å²) >= 11 is 0. The van der Waals surface area contributed by atoms with E-state index >= 15 is 0 Å². The van der Waals surface area contributed by atoms with Crippen LogP contribution in [0, 0.1) is 6.92 Å². The van der Waals surface area contributed by atoms with Gasteiger partial charge in [0.05, 0.1) is 24.4 Å². The molecule has 0 bridgehead atoms. The molecule has 2 aromatic rings. The summed E-state index contributed by atoms with van der Waals surface area (Å²) < 4.78 is 4.52. The summed E-state index contributed by atoms with van der Waals surface area (Å²) in [5.74, 6) is -0.508. The zero-order chi connectivity index (χ0) is 14.3. The predicted molar refractivity (Wildman–Crippen MR) is 72.8 cm³/mol. The number of carbonyl (C=O) groups is 1. The van der Waals surface area contributed by atoms with Crippen LogP contribution < -0.4 is 0 Å². The summed E-state index contributed by atoms with van der Waals surface area (Å²) in [6, 6.07) is 0. The molecule has 0 saturated heterocycles. The number of ether oxygens (including phenoxy) is 1. The Hall–Kier alpha value is -2.50. The highest BCUT2D eigenvalue weighted by Crippen LogP contribution is 2.11. The summed E-state index contributed by atoms with van der Waals surface area (Å²) in [6.07, 6.45) is 7.19. The van der Waals surface area contributed by atoms with Crippen molar-refractivity contribution in [2.75, 3.05) is 7.11 Å². The predicted octanol–water partition coefficient (Wildman–Crippen LogP) is 2.20. The van der Waals surface area contributed by atoms with Gasteiger partial charge in [-0.3, -0.25) is 5.10 Å². The lowest BCUT2D eigenvalue weighted by Crippen LogP contribution is -2.08. The molecule has 0 fully saturated rings. The molecule has 0 aliphatic rings. The number of rotatable bonds is 2. The highest BCUT2D eigenvalue weighted by atomic mass is 16.5. The molecule has 2 rings (SSSR count). The van der Waals surface area contributed by atoms with Gasteiger partial charge in [0.2, 0.25) is 5.82 Å². The molecular formula is C13H16N4O2. The molecule has 0 spiro atoms. The Bertz CT molecular complexity index is 602. The van der Waals surface area contributed by atoms with E-state index in [1.165, 1.54) is 7.11 Å². The molecule has 2 aromatic heterocycles. The van der Waals surface area contributed by atoms with Crippen molar-refractivity contribution in [1.29, 1.82) is 0 Å². The molecule has 0 atom stereocenters. The van der Waals surface area contributed by atoms with Crippen molar-refractivity contribution in [2.24, 2.45) is 0 Å². The molecule has 0 aromatic carbocycles. The van der Waals surface area contributed by atoms with Gasteiger partial charge in [0, 0.05) is 0 Å². The number of aromatic nitrogens is 4. The maximum atomic E-state index is 11.1. The summed E-state index contributed by atoms with van der Waals surface area (Å²) in [6.45, 7) is 7.21. The average molecular weight is 260 g/mol. The van der Waals surface area contributed by atoms with Crippen LogP contribution in [0.4, 0.5) is 0 Å². The number of hydrogen-bond acceptors (Lipinski definition) is 5. The van der Waals surface area contributed by atoms with Gasteiger partial charge in [-0.1, -0.05) is 24.8 Å². The Morgan fingerprint density at radius 2 is 2.21 bits per heavy atom. The molecule has 0 saturated carbocycles. The van der Waals surface area contributed by atoms with E-state index in [1.54, 1.807) is 19.2 Å². The number of hydrogen-bond donors (Lipinski definition) is 1. The molecule has 1 N–H and O–H groups in total. The van der Waals surface area contributed by atoms with Crippen molar-refractivity contribution in [2.45, 2.75) is 13.8 Å². The first-order chi connectivity index (χ1) is 9.13. The third kappa shape index (κ3) is 3.74. The Labute approximate surface area is 111 Å². The van der Waals surface area contributed by atoms with Crippen molar-refractivity contribution in [3.63, 3.8) is 0 Å². The fourth-order valence-corrected chi connectivity index (χ4v) is 1.30. The number of methoxy groups -OCH3 is 1. The second-order valence-electron chi connectivity index (χ2n) is 3.52. The molecule has 19 heavy (non-hydrogen) atoms. The fourth-order valence-electron chi connectivity index (χ4n) is 1.30. The van der Waals surface area contributed by atoms with E-state index < -0.39 is 5.97 Å².